The molecule has 5 heteroatoms. The van der Waals surface area contributed by atoms with Crippen LogP contribution in [-0.2, 0) is 9.53 Å². The normalized spacial score (nSPS) is 23.9. The van der Waals surface area contributed by atoms with Crippen molar-refractivity contribution in [3.05, 3.63) is 29.8 Å². The fraction of sp³-hybridized carbons (Fsp3) is 0.500. The van der Waals surface area contributed by atoms with Gasteiger partial charge in [0.15, 0.2) is 0 Å². The smallest absolute Gasteiger partial charge is 0.227 e. The molecule has 19 heavy (non-hydrogen) atoms. The predicted octanol–water partition coefficient (Wildman–Crippen LogP) is 0.846. The Morgan fingerprint density at radius 2 is 2.32 bits per heavy atom. The SMILES string of the molecule is COc1cccc(C(C)NC(=O)C2COCC2N)c1. The van der Waals surface area contributed by atoms with Crippen LogP contribution in [0.3, 0.4) is 0 Å². The number of rotatable bonds is 4. The quantitative estimate of drug-likeness (QED) is 0.845. The zero-order valence-corrected chi connectivity index (χ0v) is 11.3. The molecular formula is C14H20N2O3. The molecule has 1 fully saturated rings. The van der Waals surface area contributed by atoms with Crippen molar-refractivity contribution in [3.63, 3.8) is 0 Å². The number of benzene rings is 1. The summed E-state index contributed by atoms with van der Waals surface area (Å²) in [6, 6.07) is 7.35. The molecular weight excluding hydrogens is 244 g/mol. The second-order valence-corrected chi connectivity index (χ2v) is 4.81. The topological polar surface area (TPSA) is 73.6 Å². The Balaban J connectivity index is 1.99. The number of nitrogens with two attached hydrogens (primary N) is 1. The van der Waals surface area contributed by atoms with Crippen LogP contribution in [0, 0.1) is 5.92 Å². The minimum Gasteiger partial charge on any atom is -0.497 e. The first-order chi connectivity index (χ1) is 9.11. The van der Waals surface area contributed by atoms with Gasteiger partial charge in [-0.15, -0.1) is 0 Å². The molecule has 0 aromatic heterocycles. The van der Waals surface area contributed by atoms with Gasteiger partial charge in [-0.05, 0) is 24.6 Å². The lowest BCUT2D eigenvalue weighted by Gasteiger charge is -2.19. The highest BCUT2D eigenvalue weighted by atomic mass is 16.5. The molecule has 0 aliphatic carbocycles. The number of carbonyl (C=O) groups is 1. The van der Waals surface area contributed by atoms with Gasteiger partial charge >= 0.3 is 0 Å². The number of ether oxygens (including phenoxy) is 2. The standard InChI is InChI=1S/C14H20N2O3/c1-9(10-4-3-5-11(6-10)18-2)16-14(17)12-7-19-8-13(12)15/h3-6,9,12-13H,7-8,15H2,1-2H3,(H,16,17). The molecule has 0 radical (unpaired) electrons. The van der Waals surface area contributed by atoms with Crippen molar-refractivity contribution in [2.24, 2.45) is 11.7 Å². The summed E-state index contributed by atoms with van der Waals surface area (Å²) in [6.07, 6.45) is 0. The highest BCUT2D eigenvalue weighted by Crippen LogP contribution is 2.20. The summed E-state index contributed by atoms with van der Waals surface area (Å²) < 4.78 is 10.4. The molecule has 0 bridgehead atoms. The Morgan fingerprint density at radius 1 is 1.53 bits per heavy atom. The van der Waals surface area contributed by atoms with E-state index >= 15 is 0 Å². The summed E-state index contributed by atoms with van der Waals surface area (Å²) in [7, 11) is 1.62. The Morgan fingerprint density at radius 3 is 2.95 bits per heavy atom. The van der Waals surface area contributed by atoms with E-state index in [4.69, 9.17) is 15.2 Å². The molecule has 1 amide bonds. The summed E-state index contributed by atoms with van der Waals surface area (Å²) in [5.74, 6) is 0.466. The van der Waals surface area contributed by atoms with E-state index in [9.17, 15) is 4.79 Å². The van der Waals surface area contributed by atoms with Crippen LogP contribution in [0.5, 0.6) is 5.75 Å². The van der Waals surface area contributed by atoms with Crippen molar-refractivity contribution in [1.29, 1.82) is 0 Å². The van der Waals surface area contributed by atoms with Gasteiger partial charge in [-0.3, -0.25) is 4.79 Å². The average molecular weight is 264 g/mol. The zero-order valence-electron chi connectivity index (χ0n) is 11.3. The predicted molar refractivity (Wildman–Crippen MR) is 71.8 cm³/mol. The number of nitrogens with one attached hydrogen (secondary N) is 1. The second-order valence-electron chi connectivity index (χ2n) is 4.81. The summed E-state index contributed by atoms with van der Waals surface area (Å²) in [5.41, 5.74) is 6.83. The fourth-order valence-electron chi connectivity index (χ4n) is 2.16. The van der Waals surface area contributed by atoms with Gasteiger partial charge in [-0.1, -0.05) is 12.1 Å². The number of amides is 1. The molecule has 1 aliphatic heterocycles. The summed E-state index contributed by atoms with van der Waals surface area (Å²) in [6.45, 7) is 2.79. The highest BCUT2D eigenvalue weighted by Gasteiger charge is 2.31. The van der Waals surface area contributed by atoms with Gasteiger partial charge in [-0.25, -0.2) is 0 Å². The van der Waals surface area contributed by atoms with E-state index in [-0.39, 0.29) is 23.9 Å². The lowest BCUT2D eigenvalue weighted by atomic mass is 10.0. The lowest BCUT2D eigenvalue weighted by Crippen LogP contribution is -2.41. The van der Waals surface area contributed by atoms with Crippen LogP contribution in [0.4, 0.5) is 0 Å². The van der Waals surface area contributed by atoms with Gasteiger partial charge in [-0.2, -0.15) is 0 Å². The van der Waals surface area contributed by atoms with Crippen LogP contribution in [-0.4, -0.2) is 32.3 Å². The van der Waals surface area contributed by atoms with Crippen molar-refractivity contribution < 1.29 is 14.3 Å². The van der Waals surface area contributed by atoms with E-state index in [1.54, 1.807) is 7.11 Å². The summed E-state index contributed by atoms with van der Waals surface area (Å²) >= 11 is 0. The molecule has 1 aromatic rings. The van der Waals surface area contributed by atoms with Gasteiger partial charge in [0.25, 0.3) is 0 Å². The third-order valence-corrected chi connectivity index (χ3v) is 3.41. The van der Waals surface area contributed by atoms with Crippen LogP contribution in [0.1, 0.15) is 18.5 Å². The molecule has 3 unspecified atom stereocenters. The maximum atomic E-state index is 12.1. The van der Waals surface area contributed by atoms with E-state index in [0.29, 0.717) is 13.2 Å². The molecule has 1 saturated heterocycles. The Labute approximate surface area is 113 Å². The fourth-order valence-corrected chi connectivity index (χ4v) is 2.16. The number of hydrogen-bond donors (Lipinski definition) is 2. The van der Waals surface area contributed by atoms with Crippen LogP contribution in [0.25, 0.3) is 0 Å². The van der Waals surface area contributed by atoms with Crippen molar-refractivity contribution in [3.8, 4) is 5.75 Å². The van der Waals surface area contributed by atoms with Crippen molar-refractivity contribution in [2.45, 2.75) is 19.0 Å². The molecule has 0 saturated carbocycles. The molecule has 5 nitrogen and oxygen atoms in total. The van der Waals surface area contributed by atoms with Crippen molar-refractivity contribution in [2.75, 3.05) is 20.3 Å². The van der Waals surface area contributed by atoms with Gasteiger partial charge in [0.2, 0.25) is 5.91 Å². The molecule has 0 spiro atoms. The highest BCUT2D eigenvalue weighted by molar-refractivity contribution is 5.80. The molecule has 2 rings (SSSR count). The third-order valence-electron chi connectivity index (χ3n) is 3.41. The van der Waals surface area contributed by atoms with E-state index in [2.05, 4.69) is 5.32 Å². The first-order valence-electron chi connectivity index (χ1n) is 6.39. The monoisotopic (exact) mass is 264 g/mol. The molecule has 104 valence electrons. The number of hydrogen-bond acceptors (Lipinski definition) is 4. The minimum absolute atomic E-state index is 0.0553. The Hall–Kier alpha value is -1.59. The first kappa shape index (κ1) is 13.8. The summed E-state index contributed by atoms with van der Waals surface area (Å²) in [4.78, 5) is 12.1. The Kier molecular flexibility index (Phi) is 4.39. The first-order valence-corrected chi connectivity index (χ1v) is 6.39. The molecule has 3 N–H and O–H groups in total. The van der Waals surface area contributed by atoms with Gasteiger partial charge in [0.05, 0.1) is 32.3 Å². The molecule has 1 heterocycles. The Bertz CT molecular complexity index is 450. The maximum Gasteiger partial charge on any atom is 0.227 e. The van der Waals surface area contributed by atoms with Gasteiger partial charge < -0.3 is 20.5 Å². The van der Waals surface area contributed by atoms with Crippen LogP contribution in [0.15, 0.2) is 24.3 Å². The average Bonchev–Trinajstić information content (AvgIpc) is 2.85. The molecule has 1 aliphatic rings. The minimum atomic E-state index is -0.256. The van der Waals surface area contributed by atoms with Crippen LogP contribution >= 0.6 is 0 Å². The maximum absolute atomic E-state index is 12.1. The summed E-state index contributed by atoms with van der Waals surface area (Å²) in [5, 5.41) is 2.97. The lowest BCUT2D eigenvalue weighted by molar-refractivity contribution is -0.125. The van der Waals surface area contributed by atoms with Crippen molar-refractivity contribution >= 4 is 5.91 Å². The van der Waals surface area contributed by atoms with Crippen molar-refractivity contribution in [1.82, 2.24) is 5.32 Å². The van der Waals surface area contributed by atoms with Crippen LogP contribution in [0.2, 0.25) is 0 Å². The largest absolute Gasteiger partial charge is 0.497 e. The number of methoxy groups -OCH3 is 1. The molecule has 3 atom stereocenters. The molecule has 1 aromatic carbocycles. The van der Waals surface area contributed by atoms with E-state index in [0.717, 1.165) is 11.3 Å². The van der Waals surface area contributed by atoms with Crippen LogP contribution < -0.4 is 15.8 Å². The second kappa shape index (κ2) is 6.04. The van der Waals surface area contributed by atoms with Gasteiger partial charge in [0.1, 0.15) is 5.75 Å². The third kappa shape index (κ3) is 3.24. The van der Waals surface area contributed by atoms with E-state index in [1.165, 1.54) is 0 Å². The van der Waals surface area contributed by atoms with E-state index in [1.807, 2.05) is 31.2 Å². The van der Waals surface area contributed by atoms with Gasteiger partial charge in [0, 0.05) is 6.04 Å². The number of carbonyl (C=O) groups excluding carboxylic acids is 1. The van der Waals surface area contributed by atoms with E-state index < -0.39 is 0 Å². The zero-order chi connectivity index (χ0) is 13.8.